The highest BCUT2D eigenvalue weighted by atomic mass is 31.2. The van der Waals surface area contributed by atoms with Crippen LogP contribution in [-0.2, 0) is 32.7 Å². The van der Waals surface area contributed by atoms with Crippen LogP contribution in [0.5, 0.6) is 0 Å². The molecule has 0 bridgehead atoms. The number of hydrogen-bond donors (Lipinski definition) is 3. The molecule has 3 atom stereocenters. The van der Waals surface area contributed by atoms with E-state index in [0.717, 1.165) is 77.0 Å². The molecule has 54 heavy (non-hydrogen) atoms. The van der Waals surface area contributed by atoms with E-state index in [0.29, 0.717) is 12.8 Å². The van der Waals surface area contributed by atoms with E-state index in [1.54, 1.807) is 0 Å². The van der Waals surface area contributed by atoms with E-state index >= 15 is 0 Å². The third-order valence-electron chi connectivity index (χ3n) is 8.71. The van der Waals surface area contributed by atoms with Gasteiger partial charge in [0.1, 0.15) is 12.7 Å². The van der Waals surface area contributed by atoms with Crippen LogP contribution < -0.4 is 0 Å². The van der Waals surface area contributed by atoms with Crippen LogP contribution in [0.2, 0.25) is 0 Å². The van der Waals surface area contributed by atoms with Gasteiger partial charge in [-0.1, -0.05) is 133 Å². The van der Waals surface area contributed by atoms with Crippen molar-refractivity contribution < 1.29 is 47.8 Å². The lowest BCUT2D eigenvalue weighted by Gasteiger charge is -2.20. The number of rotatable bonds is 39. The summed E-state index contributed by atoms with van der Waals surface area (Å²) in [6.07, 6.45) is 40.7. The average Bonchev–Trinajstić information content (AvgIpc) is 3.16. The van der Waals surface area contributed by atoms with Gasteiger partial charge in [-0.15, -0.1) is 0 Å². The number of phosphoric acid groups is 1. The highest BCUT2D eigenvalue weighted by Crippen LogP contribution is 2.43. The summed E-state index contributed by atoms with van der Waals surface area (Å²) in [5.74, 6) is -0.962. The molecule has 11 heteroatoms. The number of phosphoric ester groups is 1. The highest BCUT2D eigenvalue weighted by molar-refractivity contribution is 7.47. The molecular formula is C43H77O10P. The molecule has 0 rings (SSSR count). The lowest BCUT2D eigenvalue weighted by molar-refractivity contribution is -0.161. The van der Waals surface area contributed by atoms with Gasteiger partial charge in [-0.2, -0.15) is 0 Å². The van der Waals surface area contributed by atoms with Crippen molar-refractivity contribution >= 4 is 19.8 Å². The summed E-state index contributed by atoms with van der Waals surface area (Å²) in [7, 11) is -4.62. The number of aliphatic hydroxyl groups is 2. The van der Waals surface area contributed by atoms with Crippen molar-refractivity contribution in [3.8, 4) is 0 Å². The molecule has 0 aliphatic rings. The molecule has 0 aromatic heterocycles. The fourth-order valence-electron chi connectivity index (χ4n) is 5.40. The quantitative estimate of drug-likeness (QED) is 0.0238. The van der Waals surface area contributed by atoms with E-state index in [-0.39, 0.29) is 19.4 Å². The SMILES string of the molecule is CCCCC/C=C/C/C=C/C/C=C/CCCCCCC(=O)OC[C@H](COP(=O)(O)OC[C@@H](O)CO)OC(=O)CCCCCCC/C=C/CCCCCCC. The molecule has 0 radical (unpaired) electrons. The second kappa shape index (κ2) is 39.2. The van der Waals surface area contributed by atoms with Gasteiger partial charge in [0.05, 0.1) is 19.8 Å². The van der Waals surface area contributed by atoms with Gasteiger partial charge in [0.25, 0.3) is 0 Å². The third kappa shape index (κ3) is 38.2. The van der Waals surface area contributed by atoms with Crippen LogP contribution in [0.1, 0.15) is 174 Å². The molecule has 1 unspecified atom stereocenters. The molecule has 0 aromatic carbocycles. The topological polar surface area (TPSA) is 149 Å². The van der Waals surface area contributed by atoms with Crippen LogP contribution in [-0.4, -0.2) is 65.7 Å². The molecule has 0 saturated carbocycles. The van der Waals surface area contributed by atoms with Gasteiger partial charge in [-0.25, -0.2) is 4.57 Å². The standard InChI is InChI=1S/C43H77O10P/c1-3-5-7-9-11-13-15-17-19-20-21-23-24-26-28-30-32-34-42(46)50-38-41(39-52-54(48,49)51-37-40(45)36-44)53-43(47)35-33-31-29-27-25-22-18-16-14-12-10-8-6-4-2/h11,13,16-19,21,23,40-41,44-45H,3-10,12,14-15,20,22,24-39H2,1-2H3,(H,48,49)/b13-11+,18-16+,19-17+,23-21+/t40-,41+/m0/s1. The minimum Gasteiger partial charge on any atom is -0.462 e. The zero-order chi connectivity index (χ0) is 39.8. The molecule has 0 spiro atoms. The predicted molar refractivity (Wildman–Crippen MR) is 219 cm³/mol. The number of ether oxygens (including phenoxy) is 2. The number of unbranched alkanes of at least 4 members (excludes halogenated alkanes) is 17. The van der Waals surface area contributed by atoms with Crippen molar-refractivity contribution in [3.05, 3.63) is 48.6 Å². The van der Waals surface area contributed by atoms with E-state index in [1.165, 1.54) is 57.8 Å². The maximum Gasteiger partial charge on any atom is 0.472 e. The Labute approximate surface area is 328 Å². The van der Waals surface area contributed by atoms with Crippen molar-refractivity contribution in [1.82, 2.24) is 0 Å². The highest BCUT2D eigenvalue weighted by Gasteiger charge is 2.27. The van der Waals surface area contributed by atoms with E-state index in [2.05, 4.69) is 67.0 Å². The normalized spacial score (nSPS) is 14.4. The Morgan fingerprint density at radius 2 is 0.963 bits per heavy atom. The van der Waals surface area contributed by atoms with Gasteiger partial charge >= 0.3 is 19.8 Å². The first-order valence-electron chi connectivity index (χ1n) is 21.1. The minimum absolute atomic E-state index is 0.168. The molecular weight excluding hydrogens is 707 g/mol. The molecule has 3 N–H and O–H groups in total. The summed E-state index contributed by atoms with van der Waals surface area (Å²) in [5, 5.41) is 18.3. The van der Waals surface area contributed by atoms with E-state index < -0.39 is 51.8 Å². The molecule has 0 amide bonds. The number of allylic oxidation sites excluding steroid dienone is 8. The molecule has 0 aromatic rings. The molecule has 0 saturated heterocycles. The maximum absolute atomic E-state index is 12.6. The van der Waals surface area contributed by atoms with E-state index in [4.69, 9.17) is 19.1 Å². The third-order valence-corrected chi connectivity index (χ3v) is 9.66. The summed E-state index contributed by atoms with van der Waals surface area (Å²) in [4.78, 5) is 34.9. The first-order valence-corrected chi connectivity index (χ1v) is 22.6. The Bertz CT molecular complexity index is 1040. The van der Waals surface area contributed by atoms with Gasteiger partial charge in [0.15, 0.2) is 6.10 Å². The summed E-state index contributed by atoms with van der Waals surface area (Å²) in [6, 6.07) is 0. The Morgan fingerprint density at radius 3 is 1.50 bits per heavy atom. The second-order valence-electron chi connectivity index (χ2n) is 14.0. The summed E-state index contributed by atoms with van der Waals surface area (Å²) in [5.41, 5.74) is 0. The smallest absolute Gasteiger partial charge is 0.462 e. The van der Waals surface area contributed by atoms with Gasteiger partial charge < -0.3 is 24.6 Å². The zero-order valence-electron chi connectivity index (χ0n) is 33.9. The molecule has 0 fully saturated rings. The van der Waals surface area contributed by atoms with Gasteiger partial charge in [-0.05, 0) is 77.0 Å². The average molecular weight is 785 g/mol. The van der Waals surface area contributed by atoms with Crippen LogP contribution in [0.3, 0.4) is 0 Å². The first-order chi connectivity index (χ1) is 26.2. The Morgan fingerprint density at radius 1 is 0.556 bits per heavy atom. The van der Waals surface area contributed by atoms with Crippen LogP contribution in [0.25, 0.3) is 0 Å². The fraction of sp³-hybridized carbons (Fsp3) is 0.767. The fourth-order valence-corrected chi connectivity index (χ4v) is 6.19. The minimum atomic E-state index is -4.62. The van der Waals surface area contributed by atoms with Crippen LogP contribution in [0.15, 0.2) is 48.6 Å². The van der Waals surface area contributed by atoms with Gasteiger partial charge in [0, 0.05) is 12.8 Å². The van der Waals surface area contributed by atoms with Crippen LogP contribution >= 0.6 is 7.82 Å². The number of aliphatic hydroxyl groups excluding tert-OH is 2. The second-order valence-corrected chi connectivity index (χ2v) is 15.5. The Kier molecular flexibility index (Phi) is 37.7. The summed E-state index contributed by atoms with van der Waals surface area (Å²) >= 11 is 0. The van der Waals surface area contributed by atoms with E-state index in [1.807, 2.05) is 0 Å². The number of carbonyl (C=O) groups is 2. The van der Waals surface area contributed by atoms with Crippen molar-refractivity contribution in [3.63, 3.8) is 0 Å². The number of carbonyl (C=O) groups excluding carboxylic acids is 2. The van der Waals surface area contributed by atoms with Gasteiger partial charge in [-0.3, -0.25) is 18.6 Å². The van der Waals surface area contributed by atoms with Crippen LogP contribution in [0, 0.1) is 0 Å². The number of hydrogen-bond acceptors (Lipinski definition) is 9. The van der Waals surface area contributed by atoms with Crippen molar-refractivity contribution in [2.24, 2.45) is 0 Å². The molecule has 0 heterocycles. The van der Waals surface area contributed by atoms with Crippen molar-refractivity contribution in [2.75, 3.05) is 26.4 Å². The molecule has 314 valence electrons. The lowest BCUT2D eigenvalue weighted by atomic mass is 10.1. The largest absolute Gasteiger partial charge is 0.472 e. The lowest BCUT2D eigenvalue weighted by Crippen LogP contribution is -2.29. The summed E-state index contributed by atoms with van der Waals surface area (Å²) < 4.78 is 32.6. The maximum atomic E-state index is 12.6. The molecule has 10 nitrogen and oxygen atoms in total. The Balaban J connectivity index is 4.37. The van der Waals surface area contributed by atoms with Crippen molar-refractivity contribution in [2.45, 2.75) is 187 Å². The van der Waals surface area contributed by atoms with E-state index in [9.17, 15) is 24.2 Å². The predicted octanol–water partition coefficient (Wildman–Crippen LogP) is 10.9. The Hall–Kier alpha value is -2.07. The molecule has 0 aliphatic heterocycles. The number of esters is 2. The van der Waals surface area contributed by atoms with Crippen molar-refractivity contribution in [1.29, 1.82) is 0 Å². The monoisotopic (exact) mass is 785 g/mol. The van der Waals surface area contributed by atoms with Gasteiger partial charge in [0.2, 0.25) is 0 Å². The first kappa shape index (κ1) is 51.9. The summed E-state index contributed by atoms with van der Waals surface area (Å²) in [6.45, 7) is 2.30. The van der Waals surface area contributed by atoms with Crippen LogP contribution in [0.4, 0.5) is 0 Å². The zero-order valence-corrected chi connectivity index (χ0v) is 34.8. The molecule has 0 aliphatic carbocycles.